The Morgan fingerprint density at radius 2 is 2.00 bits per heavy atom. The predicted octanol–water partition coefficient (Wildman–Crippen LogP) is 3.51. The van der Waals surface area contributed by atoms with Gasteiger partial charge in [-0.2, -0.15) is 5.26 Å². The Kier molecular flexibility index (Phi) is 4.38. The molecule has 1 aliphatic carbocycles. The average Bonchev–Trinajstić information content (AvgIpc) is 2.39. The first-order chi connectivity index (χ1) is 8.69. The number of benzene rings is 1. The zero-order chi connectivity index (χ0) is 13.0. The summed E-state index contributed by atoms with van der Waals surface area (Å²) in [6.45, 7) is 3.16. The number of aryl methyl sites for hydroxylation is 1. The van der Waals surface area contributed by atoms with Crippen LogP contribution in [0.5, 0.6) is 0 Å². The number of nitrogens with zero attached hydrogens (tertiary/aromatic N) is 2. The summed E-state index contributed by atoms with van der Waals surface area (Å²) >= 11 is 0. The minimum atomic E-state index is 0.300. The summed E-state index contributed by atoms with van der Waals surface area (Å²) < 4.78 is 0. The topological polar surface area (TPSA) is 27.0 Å². The van der Waals surface area contributed by atoms with Crippen LogP contribution >= 0.6 is 0 Å². The molecule has 0 atom stereocenters. The lowest BCUT2D eigenvalue weighted by Crippen LogP contribution is -2.34. The van der Waals surface area contributed by atoms with E-state index >= 15 is 0 Å². The van der Waals surface area contributed by atoms with E-state index in [1.165, 1.54) is 24.0 Å². The Hall–Kier alpha value is -1.33. The zero-order valence-electron chi connectivity index (χ0n) is 11.4. The highest BCUT2D eigenvalue weighted by atomic mass is 15.1. The van der Waals surface area contributed by atoms with Crippen molar-refractivity contribution in [3.05, 3.63) is 35.4 Å². The van der Waals surface area contributed by atoms with Gasteiger partial charge < -0.3 is 0 Å². The molecule has 0 radical (unpaired) electrons. The Balaban J connectivity index is 1.89. The number of hydrogen-bond acceptors (Lipinski definition) is 2. The summed E-state index contributed by atoms with van der Waals surface area (Å²) in [5.74, 6) is 0.300. The molecule has 96 valence electrons. The monoisotopic (exact) mass is 242 g/mol. The fraction of sp³-hybridized carbons (Fsp3) is 0.562. The Morgan fingerprint density at radius 1 is 1.28 bits per heavy atom. The molecule has 0 unspecified atom stereocenters. The van der Waals surface area contributed by atoms with Crippen LogP contribution in [-0.2, 0) is 6.54 Å². The molecular formula is C16H22N2. The molecule has 1 saturated carbocycles. The van der Waals surface area contributed by atoms with E-state index in [9.17, 15) is 0 Å². The van der Waals surface area contributed by atoms with E-state index in [0.717, 1.165) is 19.4 Å². The predicted molar refractivity (Wildman–Crippen MR) is 74.0 cm³/mol. The maximum absolute atomic E-state index is 8.92. The van der Waals surface area contributed by atoms with Crippen molar-refractivity contribution >= 4 is 0 Å². The van der Waals surface area contributed by atoms with Crippen molar-refractivity contribution in [2.24, 2.45) is 5.92 Å². The third kappa shape index (κ3) is 3.34. The smallest absolute Gasteiger partial charge is 0.0655 e. The summed E-state index contributed by atoms with van der Waals surface area (Å²) in [6.07, 6.45) is 4.47. The standard InChI is InChI=1S/C16H22N2/c1-13-4-3-5-15(10-13)12-18(2)16-8-6-14(11-17)7-9-16/h3-5,10,14,16H,6-9,12H2,1-2H3. The second kappa shape index (κ2) is 6.02. The van der Waals surface area contributed by atoms with Crippen molar-refractivity contribution in [1.29, 1.82) is 5.26 Å². The molecule has 0 aromatic heterocycles. The molecule has 2 rings (SSSR count). The molecule has 0 aliphatic heterocycles. The molecule has 1 fully saturated rings. The molecule has 0 heterocycles. The summed E-state index contributed by atoms with van der Waals surface area (Å²) in [4.78, 5) is 2.45. The van der Waals surface area contributed by atoms with Gasteiger partial charge in [0.05, 0.1) is 6.07 Å². The van der Waals surface area contributed by atoms with Crippen molar-refractivity contribution < 1.29 is 0 Å². The molecule has 1 aromatic rings. The van der Waals surface area contributed by atoms with Crippen LogP contribution in [0.25, 0.3) is 0 Å². The summed E-state index contributed by atoms with van der Waals surface area (Å²) in [5.41, 5.74) is 2.72. The third-order valence-electron chi connectivity index (χ3n) is 4.02. The first-order valence-corrected chi connectivity index (χ1v) is 6.84. The third-order valence-corrected chi connectivity index (χ3v) is 4.02. The Bertz CT molecular complexity index is 425. The molecule has 0 saturated heterocycles. The van der Waals surface area contributed by atoms with E-state index in [-0.39, 0.29) is 0 Å². The lowest BCUT2D eigenvalue weighted by atomic mass is 9.86. The second-order valence-electron chi connectivity index (χ2n) is 5.54. The van der Waals surface area contributed by atoms with Crippen LogP contribution in [0.1, 0.15) is 36.8 Å². The van der Waals surface area contributed by atoms with Gasteiger partial charge in [0.25, 0.3) is 0 Å². The molecule has 2 heteroatoms. The first-order valence-electron chi connectivity index (χ1n) is 6.84. The average molecular weight is 242 g/mol. The number of nitriles is 1. The lowest BCUT2D eigenvalue weighted by molar-refractivity contribution is 0.171. The van der Waals surface area contributed by atoms with Crippen molar-refractivity contribution in [2.45, 2.75) is 45.2 Å². The minimum absolute atomic E-state index is 0.300. The van der Waals surface area contributed by atoms with Crippen LogP contribution in [0.3, 0.4) is 0 Å². The van der Waals surface area contributed by atoms with Gasteiger partial charge in [0.1, 0.15) is 0 Å². The fourth-order valence-corrected chi connectivity index (χ4v) is 2.87. The SMILES string of the molecule is Cc1cccc(CN(C)C2CCC(C#N)CC2)c1. The van der Waals surface area contributed by atoms with E-state index in [1.54, 1.807) is 0 Å². The highest BCUT2D eigenvalue weighted by Crippen LogP contribution is 2.27. The normalized spacial score (nSPS) is 23.9. The first kappa shape index (κ1) is 13.1. The zero-order valence-corrected chi connectivity index (χ0v) is 11.4. The van der Waals surface area contributed by atoms with Gasteiger partial charge in [-0.25, -0.2) is 0 Å². The van der Waals surface area contributed by atoms with E-state index in [1.807, 2.05) is 0 Å². The van der Waals surface area contributed by atoms with Gasteiger partial charge in [0.2, 0.25) is 0 Å². The van der Waals surface area contributed by atoms with Crippen molar-refractivity contribution in [3.63, 3.8) is 0 Å². The van der Waals surface area contributed by atoms with Crippen LogP contribution in [0.15, 0.2) is 24.3 Å². The van der Waals surface area contributed by atoms with Gasteiger partial charge >= 0.3 is 0 Å². The van der Waals surface area contributed by atoms with Crippen molar-refractivity contribution in [3.8, 4) is 6.07 Å². The van der Waals surface area contributed by atoms with Gasteiger partial charge in [0, 0.05) is 18.5 Å². The number of hydrogen-bond donors (Lipinski definition) is 0. The molecule has 18 heavy (non-hydrogen) atoms. The van der Waals surface area contributed by atoms with E-state index in [0.29, 0.717) is 12.0 Å². The largest absolute Gasteiger partial charge is 0.299 e. The molecule has 2 nitrogen and oxygen atoms in total. The second-order valence-corrected chi connectivity index (χ2v) is 5.54. The van der Waals surface area contributed by atoms with Crippen LogP contribution in [0, 0.1) is 24.2 Å². The molecule has 1 aliphatic rings. The van der Waals surface area contributed by atoms with E-state index in [2.05, 4.69) is 49.2 Å². The Labute approximate surface area is 110 Å². The van der Waals surface area contributed by atoms with Crippen LogP contribution in [0.4, 0.5) is 0 Å². The van der Waals surface area contributed by atoms with Crippen LogP contribution < -0.4 is 0 Å². The molecule has 0 amide bonds. The van der Waals surface area contributed by atoms with E-state index < -0.39 is 0 Å². The van der Waals surface area contributed by atoms with Gasteiger partial charge in [-0.3, -0.25) is 4.90 Å². The fourth-order valence-electron chi connectivity index (χ4n) is 2.87. The summed E-state index contributed by atoms with van der Waals surface area (Å²) in [6, 6.07) is 11.8. The molecule has 0 N–H and O–H groups in total. The maximum atomic E-state index is 8.92. The van der Waals surface area contributed by atoms with Crippen LogP contribution in [-0.4, -0.2) is 18.0 Å². The van der Waals surface area contributed by atoms with Crippen LogP contribution in [0.2, 0.25) is 0 Å². The van der Waals surface area contributed by atoms with Crippen molar-refractivity contribution in [1.82, 2.24) is 4.90 Å². The van der Waals surface area contributed by atoms with Gasteiger partial charge in [0.15, 0.2) is 0 Å². The minimum Gasteiger partial charge on any atom is -0.299 e. The van der Waals surface area contributed by atoms with Crippen molar-refractivity contribution in [2.75, 3.05) is 7.05 Å². The highest BCUT2D eigenvalue weighted by molar-refractivity contribution is 5.22. The van der Waals surface area contributed by atoms with Gasteiger partial charge in [-0.1, -0.05) is 29.8 Å². The maximum Gasteiger partial charge on any atom is 0.0655 e. The molecule has 0 spiro atoms. The molecular weight excluding hydrogens is 220 g/mol. The van der Waals surface area contributed by atoms with E-state index in [4.69, 9.17) is 5.26 Å². The molecule has 0 bridgehead atoms. The highest BCUT2D eigenvalue weighted by Gasteiger charge is 2.23. The summed E-state index contributed by atoms with van der Waals surface area (Å²) in [7, 11) is 2.21. The van der Waals surface area contributed by atoms with Gasteiger partial charge in [-0.15, -0.1) is 0 Å². The van der Waals surface area contributed by atoms with Gasteiger partial charge in [-0.05, 0) is 45.2 Å². The molecule has 1 aromatic carbocycles. The Morgan fingerprint density at radius 3 is 2.61 bits per heavy atom. The number of rotatable bonds is 3. The lowest BCUT2D eigenvalue weighted by Gasteiger charge is -2.32. The summed E-state index contributed by atoms with van der Waals surface area (Å²) in [5, 5.41) is 8.92. The quantitative estimate of drug-likeness (QED) is 0.811.